The van der Waals surface area contributed by atoms with Crippen molar-refractivity contribution in [1.82, 2.24) is 10.2 Å². The summed E-state index contributed by atoms with van der Waals surface area (Å²) in [6.07, 6.45) is -1.10. The van der Waals surface area contributed by atoms with Gasteiger partial charge in [0, 0.05) is 31.7 Å². The van der Waals surface area contributed by atoms with Crippen LogP contribution in [0.5, 0.6) is 5.75 Å². The van der Waals surface area contributed by atoms with E-state index in [0.29, 0.717) is 25.4 Å². The number of benzene rings is 1. The summed E-state index contributed by atoms with van der Waals surface area (Å²) in [4.78, 5) is 28.0. The maximum Gasteiger partial charge on any atom is 0.252 e. The third-order valence-corrected chi connectivity index (χ3v) is 7.14. The van der Waals surface area contributed by atoms with Gasteiger partial charge < -0.3 is 35.0 Å². The molecule has 0 radical (unpaired) electrons. The van der Waals surface area contributed by atoms with Gasteiger partial charge in [0.1, 0.15) is 30.1 Å². The lowest BCUT2D eigenvalue weighted by Gasteiger charge is -2.29. The number of carbonyl (C=O) groups excluding carboxylic acids is 2. The predicted molar refractivity (Wildman–Crippen MR) is 156 cm³/mol. The minimum atomic E-state index is -1.71. The standard InChI is InChI=1S/C28H44N2O7S.CH4/c1-6-7-15-37-20-10-8-19(9-11-20)17-30-14-16-38-18-21(27(30)35)29-26(34)25(36-5)24(33)23(32)22(31)12-13-28(2,3)4;/h8-13,21-25,31-33H,6-7,14-18H2,1-5H3,(H,29,34);1H4/b13-12+;/t21-,22+,23-,24+,25+;/m0./s1. The molecular weight excluding hydrogens is 520 g/mol. The molecule has 4 N–H and O–H groups in total. The summed E-state index contributed by atoms with van der Waals surface area (Å²) in [5.74, 6) is 0.912. The summed E-state index contributed by atoms with van der Waals surface area (Å²) in [6, 6.07) is 6.82. The van der Waals surface area contributed by atoms with Crippen molar-refractivity contribution in [3.8, 4) is 5.75 Å². The van der Waals surface area contributed by atoms with Crippen LogP contribution in [-0.2, 0) is 20.9 Å². The van der Waals surface area contributed by atoms with Gasteiger partial charge in [0.05, 0.1) is 6.61 Å². The molecule has 1 heterocycles. The third kappa shape index (κ3) is 11.5. The molecule has 1 aromatic rings. The second-order valence-electron chi connectivity index (χ2n) is 10.6. The molecule has 2 amide bonds. The van der Waals surface area contributed by atoms with Gasteiger partial charge in [0.2, 0.25) is 5.91 Å². The normalized spacial score (nSPS) is 19.5. The van der Waals surface area contributed by atoms with E-state index in [9.17, 15) is 24.9 Å². The van der Waals surface area contributed by atoms with Gasteiger partial charge >= 0.3 is 0 Å². The fraction of sp³-hybridized carbons (Fsp3) is 0.655. The Hall–Kier alpha value is -2.11. The first-order valence-electron chi connectivity index (χ1n) is 13.1. The van der Waals surface area contributed by atoms with Crippen molar-refractivity contribution in [2.75, 3.05) is 31.8 Å². The zero-order valence-electron chi connectivity index (χ0n) is 23.1. The molecule has 10 heteroatoms. The van der Waals surface area contributed by atoms with Crippen LogP contribution in [0.15, 0.2) is 36.4 Å². The van der Waals surface area contributed by atoms with E-state index < -0.39 is 36.4 Å². The summed E-state index contributed by atoms with van der Waals surface area (Å²) in [5, 5.41) is 34.0. The van der Waals surface area contributed by atoms with Crippen LogP contribution in [0.25, 0.3) is 0 Å². The number of ether oxygens (including phenoxy) is 2. The van der Waals surface area contributed by atoms with Gasteiger partial charge in [-0.3, -0.25) is 9.59 Å². The molecule has 0 spiro atoms. The Bertz CT molecular complexity index is 904. The van der Waals surface area contributed by atoms with Gasteiger partial charge in [0.15, 0.2) is 6.10 Å². The van der Waals surface area contributed by atoms with Crippen LogP contribution in [0.4, 0.5) is 0 Å². The molecule has 1 aromatic carbocycles. The Balaban J connectivity index is 0.00000760. The third-order valence-electron chi connectivity index (χ3n) is 6.10. The Morgan fingerprint density at radius 2 is 1.87 bits per heavy atom. The van der Waals surface area contributed by atoms with Gasteiger partial charge in [-0.2, -0.15) is 11.8 Å². The summed E-state index contributed by atoms with van der Waals surface area (Å²) in [5.41, 5.74) is 0.709. The minimum absolute atomic E-state index is 0. The van der Waals surface area contributed by atoms with Crippen LogP contribution in [-0.4, -0.2) is 94.3 Å². The van der Waals surface area contributed by atoms with E-state index in [1.54, 1.807) is 22.7 Å². The van der Waals surface area contributed by atoms with Crippen molar-refractivity contribution in [3.05, 3.63) is 42.0 Å². The number of hydrogen-bond acceptors (Lipinski definition) is 8. The molecule has 0 bridgehead atoms. The molecule has 1 saturated heterocycles. The first-order chi connectivity index (χ1) is 18.0. The highest BCUT2D eigenvalue weighted by atomic mass is 32.2. The number of methoxy groups -OCH3 is 1. The number of nitrogens with zero attached hydrogens (tertiary/aromatic N) is 1. The number of aliphatic hydroxyl groups excluding tert-OH is 3. The van der Waals surface area contributed by atoms with Gasteiger partial charge in [-0.05, 0) is 29.5 Å². The largest absolute Gasteiger partial charge is 0.494 e. The molecular formula is C29H48N2O7S. The highest BCUT2D eigenvalue weighted by Gasteiger charge is 2.38. The minimum Gasteiger partial charge on any atom is -0.494 e. The number of nitrogens with one attached hydrogen (secondary N) is 1. The zero-order chi connectivity index (χ0) is 28.3. The van der Waals surface area contributed by atoms with Crippen molar-refractivity contribution in [2.45, 2.75) is 85.0 Å². The molecule has 0 aliphatic carbocycles. The molecule has 1 aliphatic rings. The van der Waals surface area contributed by atoms with Crippen molar-refractivity contribution in [3.63, 3.8) is 0 Å². The zero-order valence-corrected chi connectivity index (χ0v) is 23.9. The number of allylic oxidation sites excluding steroid dienone is 1. The van der Waals surface area contributed by atoms with Crippen LogP contribution in [0.2, 0.25) is 0 Å². The van der Waals surface area contributed by atoms with E-state index >= 15 is 0 Å². The van der Waals surface area contributed by atoms with Gasteiger partial charge in [-0.1, -0.05) is 65.8 Å². The first kappa shape index (κ1) is 34.9. The number of amides is 2. The van der Waals surface area contributed by atoms with Crippen molar-refractivity contribution in [1.29, 1.82) is 0 Å². The molecule has 1 aliphatic heterocycles. The highest BCUT2D eigenvalue weighted by molar-refractivity contribution is 7.99. The fourth-order valence-corrected chi connectivity index (χ4v) is 4.80. The van der Waals surface area contributed by atoms with E-state index in [2.05, 4.69) is 12.2 Å². The van der Waals surface area contributed by atoms with Gasteiger partial charge in [-0.15, -0.1) is 0 Å². The van der Waals surface area contributed by atoms with Gasteiger partial charge in [0.25, 0.3) is 5.91 Å². The summed E-state index contributed by atoms with van der Waals surface area (Å²) >= 11 is 1.55. The average Bonchev–Trinajstić information content (AvgIpc) is 3.04. The second kappa shape index (κ2) is 16.9. The van der Waals surface area contributed by atoms with Crippen molar-refractivity contribution in [2.24, 2.45) is 5.41 Å². The number of hydrogen-bond donors (Lipinski definition) is 4. The maximum absolute atomic E-state index is 13.3. The Morgan fingerprint density at radius 1 is 1.21 bits per heavy atom. The Kier molecular flexibility index (Phi) is 15.1. The lowest BCUT2D eigenvalue weighted by Crippen LogP contribution is -2.56. The van der Waals surface area contributed by atoms with E-state index in [1.807, 2.05) is 45.0 Å². The maximum atomic E-state index is 13.3. The monoisotopic (exact) mass is 568 g/mol. The van der Waals surface area contributed by atoms with E-state index in [0.717, 1.165) is 29.9 Å². The molecule has 0 saturated carbocycles. The van der Waals surface area contributed by atoms with Gasteiger partial charge in [-0.25, -0.2) is 0 Å². The topological polar surface area (TPSA) is 129 Å². The summed E-state index contributed by atoms with van der Waals surface area (Å²) in [7, 11) is 1.23. The van der Waals surface area contributed by atoms with E-state index in [4.69, 9.17) is 9.47 Å². The molecule has 0 aromatic heterocycles. The lowest BCUT2D eigenvalue weighted by atomic mass is 9.94. The van der Waals surface area contributed by atoms with Crippen LogP contribution in [0, 0.1) is 5.41 Å². The first-order valence-corrected chi connectivity index (χ1v) is 14.3. The Labute approximate surface area is 238 Å². The molecule has 222 valence electrons. The van der Waals surface area contributed by atoms with E-state index in [1.165, 1.54) is 13.2 Å². The van der Waals surface area contributed by atoms with Crippen LogP contribution >= 0.6 is 11.8 Å². The molecule has 0 unspecified atom stereocenters. The lowest BCUT2D eigenvalue weighted by molar-refractivity contribution is -0.151. The number of unbranched alkanes of at least 4 members (excludes halogenated alkanes) is 1. The number of aliphatic hydroxyl groups is 3. The molecule has 1 fully saturated rings. The highest BCUT2D eigenvalue weighted by Crippen LogP contribution is 2.20. The van der Waals surface area contributed by atoms with Crippen LogP contribution in [0.3, 0.4) is 0 Å². The quantitative estimate of drug-likeness (QED) is 0.211. The summed E-state index contributed by atoms with van der Waals surface area (Å²) < 4.78 is 10.9. The number of thioether (sulfide) groups is 1. The fourth-order valence-electron chi connectivity index (χ4n) is 3.82. The second-order valence-corrected chi connectivity index (χ2v) is 11.7. The van der Waals surface area contributed by atoms with E-state index in [-0.39, 0.29) is 18.7 Å². The van der Waals surface area contributed by atoms with Crippen molar-refractivity contribution < 1.29 is 34.4 Å². The number of rotatable bonds is 13. The molecule has 5 atom stereocenters. The van der Waals surface area contributed by atoms with Crippen LogP contribution < -0.4 is 10.1 Å². The number of carbonyl (C=O) groups is 2. The summed E-state index contributed by atoms with van der Waals surface area (Å²) in [6.45, 7) is 9.47. The predicted octanol–water partition coefficient (Wildman–Crippen LogP) is 2.76. The van der Waals surface area contributed by atoms with Crippen LogP contribution in [0.1, 0.15) is 53.5 Å². The smallest absolute Gasteiger partial charge is 0.252 e. The molecule has 39 heavy (non-hydrogen) atoms. The molecule has 9 nitrogen and oxygen atoms in total. The molecule has 2 rings (SSSR count). The average molecular weight is 569 g/mol. The SMILES string of the molecule is C.CCCCOc1ccc(CN2CCSC[C@H](NC(=O)[C@H](OC)[C@H](O)[C@@H](O)[C@H](O)/C=C/C(C)(C)C)C2=O)cc1. The van der Waals surface area contributed by atoms with Crippen molar-refractivity contribution >= 4 is 23.6 Å². The Morgan fingerprint density at radius 3 is 2.46 bits per heavy atom.